The first-order valence-electron chi connectivity index (χ1n) is 6.85. The Kier molecular flexibility index (Phi) is 2.98. The van der Waals surface area contributed by atoms with E-state index in [2.05, 4.69) is 22.8 Å². The molecule has 3 heteroatoms. The fourth-order valence-corrected chi connectivity index (χ4v) is 3.49. The number of fused-ring (bicyclic) bond motifs is 2. The van der Waals surface area contributed by atoms with Gasteiger partial charge in [-0.05, 0) is 55.4 Å². The van der Waals surface area contributed by atoms with Crippen LogP contribution in [0.5, 0.6) is 0 Å². The van der Waals surface area contributed by atoms with E-state index in [4.69, 9.17) is 0 Å². The number of anilines is 2. The van der Waals surface area contributed by atoms with E-state index in [1.165, 1.54) is 38.3 Å². The zero-order chi connectivity index (χ0) is 12.5. The second kappa shape index (κ2) is 4.63. The summed E-state index contributed by atoms with van der Waals surface area (Å²) in [4.78, 5) is 10.9. The second-order valence-corrected chi connectivity index (χ2v) is 5.68. The Bertz CT molecular complexity index is 440. The van der Waals surface area contributed by atoms with Crippen molar-refractivity contribution in [2.75, 3.05) is 10.6 Å². The van der Waals surface area contributed by atoms with Crippen LogP contribution in [0.4, 0.5) is 11.4 Å². The number of benzene rings is 1. The predicted octanol–water partition coefficient (Wildman–Crippen LogP) is 3.25. The van der Waals surface area contributed by atoms with Crippen LogP contribution in [0.25, 0.3) is 0 Å². The fourth-order valence-electron chi connectivity index (χ4n) is 3.49. The first kappa shape index (κ1) is 11.6. The minimum Gasteiger partial charge on any atom is -0.382 e. The van der Waals surface area contributed by atoms with E-state index >= 15 is 0 Å². The molecule has 2 aliphatic rings. The lowest BCUT2D eigenvalue weighted by Gasteiger charge is -2.24. The second-order valence-electron chi connectivity index (χ2n) is 5.68. The maximum Gasteiger partial charge on any atom is 0.221 e. The molecule has 3 atom stereocenters. The van der Waals surface area contributed by atoms with Crippen LogP contribution in [0.2, 0.25) is 0 Å². The average molecular weight is 244 g/mol. The molecule has 2 aliphatic carbocycles. The number of hydrogen-bond donors (Lipinski definition) is 2. The Morgan fingerprint density at radius 3 is 2.39 bits per heavy atom. The normalized spacial score (nSPS) is 29.3. The van der Waals surface area contributed by atoms with Gasteiger partial charge in [0, 0.05) is 24.3 Å². The van der Waals surface area contributed by atoms with E-state index in [1.54, 1.807) is 0 Å². The van der Waals surface area contributed by atoms with Crippen LogP contribution >= 0.6 is 0 Å². The summed E-state index contributed by atoms with van der Waals surface area (Å²) in [6.45, 7) is 1.53. The van der Waals surface area contributed by atoms with Crippen molar-refractivity contribution in [3.05, 3.63) is 24.3 Å². The van der Waals surface area contributed by atoms with Crippen molar-refractivity contribution in [3.8, 4) is 0 Å². The molecule has 2 bridgehead atoms. The van der Waals surface area contributed by atoms with Gasteiger partial charge in [-0.25, -0.2) is 0 Å². The van der Waals surface area contributed by atoms with Gasteiger partial charge in [0.05, 0.1) is 0 Å². The molecule has 0 saturated heterocycles. The van der Waals surface area contributed by atoms with Crippen molar-refractivity contribution >= 4 is 17.3 Å². The zero-order valence-corrected chi connectivity index (χ0v) is 10.8. The molecule has 1 aromatic carbocycles. The Hall–Kier alpha value is -1.51. The van der Waals surface area contributed by atoms with Gasteiger partial charge >= 0.3 is 0 Å². The minimum atomic E-state index is -0.0242. The van der Waals surface area contributed by atoms with Gasteiger partial charge in [-0.2, -0.15) is 0 Å². The van der Waals surface area contributed by atoms with Crippen LogP contribution in [-0.2, 0) is 4.79 Å². The largest absolute Gasteiger partial charge is 0.382 e. The summed E-state index contributed by atoms with van der Waals surface area (Å²) in [7, 11) is 0. The van der Waals surface area contributed by atoms with Crippen LogP contribution in [0.15, 0.2) is 24.3 Å². The standard InChI is InChI=1S/C15H20N2O/c1-10(18)16-13-4-6-14(7-5-13)17-15-9-11-2-3-12(15)8-11/h4-7,11-12,15,17H,2-3,8-9H2,1H3,(H,16,18). The molecule has 96 valence electrons. The van der Waals surface area contributed by atoms with Crippen molar-refractivity contribution in [3.63, 3.8) is 0 Å². The van der Waals surface area contributed by atoms with Gasteiger partial charge in [0.1, 0.15) is 0 Å². The highest BCUT2D eigenvalue weighted by Crippen LogP contribution is 2.45. The van der Waals surface area contributed by atoms with E-state index in [-0.39, 0.29) is 5.91 Å². The highest BCUT2D eigenvalue weighted by molar-refractivity contribution is 5.88. The summed E-state index contributed by atoms with van der Waals surface area (Å²) in [6, 6.07) is 8.68. The lowest BCUT2D eigenvalue weighted by molar-refractivity contribution is -0.114. The van der Waals surface area contributed by atoms with Crippen LogP contribution in [0.1, 0.15) is 32.6 Å². The van der Waals surface area contributed by atoms with Gasteiger partial charge in [-0.15, -0.1) is 0 Å². The monoisotopic (exact) mass is 244 g/mol. The van der Waals surface area contributed by atoms with Crippen molar-refractivity contribution < 1.29 is 4.79 Å². The number of hydrogen-bond acceptors (Lipinski definition) is 2. The summed E-state index contributed by atoms with van der Waals surface area (Å²) in [6.07, 6.45) is 5.58. The average Bonchev–Trinajstić information content (AvgIpc) is 2.93. The van der Waals surface area contributed by atoms with Gasteiger partial charge in [0.2, 0.25) is 5.91 Å². The molecule has 0 spiro atoms. The SMILES string of the molecule is CC(=O)Nc1ccc(NC2CC3CCC2C3)cc1. The van der Waals surface area contributed by atoms with Gasteiger partial charge < -0.3 is 10.6 Å². The molecule has 3 rings (SSSR count). The number of carbonyl (C=O) groups is 1. The molecule has 0 heterocycles. The fraction of sp³-hybridized carbons (Fsp3) is 0.533. The van der Waals surface area contributed by atoms with Crippen LogP contribution < -0.4 is 10.6 Å². The molecule has 2 N–H and O–H groups in total. The first-order chi connectivity index (χ1) is 8.70. The molecule has 0 aromatic heterocycles. The summed E-state index contributed by atoms with van der Waals surface area (Å²) in [5.74, 6) is 1.82. The number of carbonyl (C=O) groups excluding carboxylic acids is 1. The Labute approximate surface area is 108 Å². The van der Waals surface area contributed by atoms with Crippen LogP contribution in [-0.4, -0.2) is 11.9 Å². The number of amides is 1. The molecule has 18 heavy (non-hydrogen) atoms. The third-order valence-corrected chi connectivity index (χ3v) is 4.30. The lowest BCUT2D eigenvalue weighted by Crippen LogP contribution is -2.25. The van der Waals surface area contributed by atoms with Gasteiger partial charge in [0.25, 0.3) is 0 Å². The molecule has 1 aromatic rings. The first-order valence-corrected chi connectivity index (χ1v) is 6.85. The summed E-state index contributed by atoms with van der Waals surface area (Å²) < 4.78 is 0. The van der Waals surface area contributed by atoms with E-state index < -0.39 is 0 Å². The summed E-state index contributed by atoms with van der Waals surface area (Å²) in [5.41, 5.74) is 2.03. The summed E-state index contributed by atoms with van der Waals surface area (Å²) in [5, 5.41) is 6.43. The van der Waals surface area contributed by atoms with E-state index in [0.717, 1.165) is 17.5 Å². The molecule has 0 radical (unpaired) electrons. The van der Waals surface area contributed by atoms with Crippen molar-refractivity contribution in [2.24, 2.45) is 11.8 Å². The molecular formula is C15H20N2O. The molecule has 3 unspecified atom stereocenters. The molecular weight excluding hydrogens is 224 g/mol. The lowest BCUT2D eigenvalue weighted by atomic mass is 9.95. The smallest absolute Gasteiger partial charge is 0.221 e. The van der Waals surface area contributed by atoms with Gasteiger partial charge in [-0.3, -0.25) is 4.79 Å². The molecule has 2 fully saturated rings. The molecule has 2 saturated carbocycles. The predicted molar refractivity (Wildman–Crippen MR) is 73.6 cm³/mol. The van der Waals surface area contributed by atoms with Crippen LogP contribution in [0, 0.1) is 11.8 Å². The van der Waals surface area contributed by atoms with Crippen molar-refractivity contribution in [2.45, 2.75) is 38.6 Å². The molecule has 3 nitrogen and oxygen atoms in total. The molecule has 1 amide bonds. The van der Waals surface area contributed by atoms with E-state index in [1.807, 2.05) is 12.1 Å². The third kappa shape index (κ3) is 2.35. The summed E-state index contributed by atoms with van der Waals surface area (Å²) >= 11 is 0. The quantitative estimate of drug-likeness (QED) is 0.857. The number of nitrogens with one attached hydrogen (secondary N) is 2. The van der Waals surface area contributed by atoms with E-state index in [9.17, 15) is 4.79 Å². The Morgan fingerprint density at radius 2 is 1.83 bits per heavy atom. The minimum absolute atomic E-state index is 0.0242. The maximum atomic E-state index is 10.9. The van der Waals surface area contributed by atoms with Crippen molar-refractivity contribution in [1.29, 1.82) is 0 Å². The van der Waals surface area contributed by atoms with Crippen LogP contribution in [0.3, 0.4) is 0 Å². The van der Waals surface area contributed by atoms with Gasteiger partial charge in [0.15, 0.2) is 0 Å². The van der Waals surface area contributed by atoms with Gasteiger partial charge in [-0.1, -0.05) is 6.42 Å². The highest BCUT2D eigenvalue weighted by atomic mass is 16.1. The molecule has 0 aliphatic heterocycles. The topological polar surface area (TPSA) is 41.1 Å². The van der Waals surface area contributed by atoms with E-state index in [0.29, 0.717) is 6.04 Å². The number of rotatable bonds is 3. The Balaban J connectivity index is 1.61. The van der Waals surface area contributed by atoms with Crippen molar-refractivity contribution in [1.82, 2.24) is 0 Å². The highest BCUT2D eigenvalue weighted by Gasteiger charge is 2.39. The third-order valence-electron chi connectivity index (χ3n) is 4.30. The zero-order valence-electron chi connectivity index (χ0n) is 10.8. The Morgan fingerprint density at radius 1 is 1.11 bits per heavy atom. The maximum absolute atomic E-state index is 10.9.